The van der Waals surface area contributed by atoms with Crippen LogP contribution in [0.3, 0.4) is 0 Å². The molecular weight excluding hydrogens is 218 g/mol. The van der Waals surface area contributed by atoms with Gasteiger partial charge in [-0.2, -0.15) is 0 Å². The van der Waals surface area contributed by atoms with E-state index in [1.807, 2.05) is 13.1 Å². The highest BCUT2D eigenvalue weighted by molar-refractivity contribution is 5.80. The van der Waals surface area contributed by atoms with Gasteiger partial charge in [-0.1, -0.05) is 6.92 Å². The van der Waals surface area contributed by atoms with Crippen molar-refractivity contribution in [2.24, 2.45) is 0 Å². The van der Waals surface area contributed by atoms with Crippen LogP contribution in [-0.4, -0.2) is 35.2 Å². The highest BCUT2D eigenvalue weighted by Crippen LogP contribution is 2.13. The molecule has 17 heavy (non-hydrogen) atoms. The lowest BCUT2D eigenvalue weighted by Crippen LogP contribution is -2.49. The monoisotopic (exact) mass is 239 g/mol. The number of esters is 1. The van der Waals surface area contributed by atoms with Crippen LogP contribution in [0.25, 0.3) is 0 Å². The van der Waals surface area contributed by atoms with Crippen molar-refractivity contribution in [3.05, 3.63) is 18.2 Å². The number of methoxy groups -OCH3 is 1. The maximum absolute atomic E-state index is 11.7. The van der Waals surface area contributed by atoms with Crippen molar-refractivity contribution in [1.82, 2.24) is 14.9 Å². The Bertz CT molecular complexity index is 376. The number of hydrogen-bond acceptors (Lipinski definition) is 4. The number of carbonyl (C=O) groups is 1. The Morgan fingerprint density at radius 3 is 2.88 bits per heavy atom. The van der Waals surface area contributed by atoms with E-state index in [9.17, 15) is 4.79 Å². The summed E-state index contributed by atoms with van der Waals surface area (Å²) < 4.78 is 6.87. The van der Waals surface area contributed by atoms with Crippen molar-refractivity contribution in [1.29, 1.82) is 0 Å². The standard InChI is InChI=1S/C12H21N3O2/c1-5-10-14-7-9-15(10)8-6-12(2,13-3)11(16)17-4/h7,9,13H,5-6,8H2,1-4H3. The predicted molar refractivity (Wildman–Crippen MR) is 65.7 cm³/mol. The first-order chi connectivity index (χ1) is 8.07. The Hall–Kier alpha value is -1.36. The van der Waals surface area contributed by atoms with E-state index in [1.165, 1.54) is 7.11 Å². The van der Waals surface area contributed by atoms with Crippen LogP contribution in [0.5, 0.6) is 0 Å². The van der Waals surface area contributed by atoms with Crippen molar-refractivity contribution >= 4 is 5.97 Å². The molecule has 0 aliphatic rings. The van der Waals surface area contributed by atoms with Gasteiger partial charge in [0.25, 0.3) is 0 Å². The summed E-state index contributed by atoms with van der Waals surface area (Å²) in [5, 5.41) is 3.02. The van der Waals surface area contributed by atoms with Gasteiger partial charge >= 0.3 is 5.97 Å². The summed E-state index contributed by atoms with van der Waals surface area (Å²) in [5.41, 5.74) is -0.649. The lowest BCUT2D eigenvalue weighted by atomic mass is 9.98. The summed E-state index contributed by atoms with van der Waals surface area (Å²) in [6, 6.07) is 0. The lowest BCUT2D eigenvalue weighted by molar-refractivity contribution is -0.148. The molecule has 1 N–H and O–H groups in total. The van der Waals surface area contributed by atoms with Crippen molar-refractivity contribution in [2.45, 2.75) is 38.8 Å². The fourth-order valence-electron chi connectivity index (χ4n) is 1.76. The topological polar surface area (TPSA) is 56.2 Å². The first kappa shape index (κ1) is 13.7. The van der Waals surface area contributed by atoms with E-state index in [0.29, 0.717) is 6.42 Å². The molecule has 5 heteroatoms. The molecule has 0 saturated carbocycles. The number of rotatable bonds is 6. The molecule has 1 unspecified atom stereocenters. The second-order valence-corrected chi connectivity index (χ2v) is 4.21. The van der Waals surface area contributed by atoms with Crippen molar-refractivity contribution in [3.63, 3.8) is 0 Å². The van der Waals surface area contributed by atoms with Gasteiger partial charge in [-0.05, 0) is 20.4 Å². The van der Waals surface area contributed by atoms with E-state index in [1.54, 1.807) is 13.2 Å². The first-order valence-electron chi connectivity index (χ1n) is 5.84. The summed E-state index contributed by atoms with van der Waals surface area (Å²) in [5.74, 6) is 0.798. The van der Waals surface area contributed by atoms with Crippen LogP contribution in [0.1, 0.15) is 26.1 Å². The van der Waals surface area contributed by atoms with Gasteiger partial charge in [-0.3, -0.25) is 4.79 Å². The Balaban J connectivity index is 2.68. The number of nitrogens with zero attached hydrogens (tertiary/aromatic N) is 2. The van der Waals surface area contributed by atoms with Gasteiger partial charge in [0.1, 0.15) is 11.4 Å². The average Bonchev–Trinajstić information content (AvgIpc) is 2.82. The number of aryl methyl sites for hydroxylation is 2. The van der Waals surface area contributed by atoms with Gasteiger partial charge < -0.3 is 14.6 Å². The lowest BCUT2D eigenvalue weighted by Gasteiger charge is -2.26. The molecule has 0 aromatic carbocycles. The van der Waals surface area contributed by atoms with E-state index in [2.05, 4.69) is 21.8 Å². The fraction of sp³-hybridized carbons (Fsp3) is 0.667. The zero-order valence-electron chi connectivity index (χ0n) is 11.0. The van der Waals surface area contributed by atoms with Crippen molar-refractivity contribution in [3.8, 4) is 0 Å². The minimum Gasteiger partial charge on any atom is -0.468 e. The van der Waals surface area contributed by atoms with Crippen LogP contribution in [0.2, 0.25) is 0 Å². The summed E-state index contributed by atoms with van der Waals surface area (Å²) in [6.45, 7) is 4.66. The highest BCUT2D eigenvalue weighted by atomic mass is 16.5. The largest absolute Gasteiger partial charge is 0.468 e. The van der Waals surface area contributed by atoms with Gasteiger partial charge in [-0.25, -0.2) is 4.98 Å². The summed E-state index contributed by atoms with van der Waals surface area (Å²) >= 11 is 0. The van der Waals surface area contributed by atoms with Crippen LogP contribution >= 0.6 is 0 Å². The first-order valence-corrected chi connectivity index (χ1v) is 5.84. The van der Waals surface area contributed by atoms with Crippen LogP contribution in [-0.2, 0) is 22.5 Å². The second-order valence-electron chi connectivity index (χ2n) is 4.21. The van der Waals surface area contributed by atoms with E-state index in [-0.39, 0.29) is 5.97 Å². The second kappa shape index (κ2) is 5.82. The number of carbonyl (C=O) groups excluding carboxylic acids is 1. The van der Waals surface area contributed by atoms with Crippen LogP contribution in [0.4, 0.5) is 0 Å². The molecule has 0 amide bonds. The molecule has 0 spiro atoms. The Kier molecular flexibility index (Phi) is 4.69. The molecule has 1 aromatic heterocycles. The third kappa shape index (κ3) is 3.06. The smallest absolute Gasteiger partial charge is 0.325 e. The predicted octanol–water partition coefficient (Wildman–Crippen LogP) is 0.987. The highest BCUT2D eigenvalue weighted by Gasteiger charge is 2.32. The van der Waals surface area contributed by atoms with E-state index in [4.69, 9.17) is 4.74 Å². The number of aromatic nitrogens is 2. The van der Waals surface area contributed by atoms with Gasteiger partial charge in [0.05, 0.1) is 7.11 Å². The molecule has 0 saturated heterocycles. The molecule has 0 aliphatic carbocycles. The molecule has 0 aliphatic heterocycles. The van der Waals surface area contributed by atoms with Crippen molar-refractivity contribution < 1.29 is 9.53 Å². The molecule has 1 aromatic rings. The molecule has 1 rings (SSSR count). The molecule has 1 heterocycles. The number of hydrogen-bond donors (Lipinski definition) is 1. The fourth-order valence-corrected chi connectivity index (χ4v) is 1.76. The van der Waals surface area contributed by atoms with Gasteiger partial charge in [0.2, 0.25) is 0 Å². The Labute approximate surface area is 102 Å². The van der Waals surface area contributed by atoms with Crippen LogP contribution < -0.4 is 5.32 Å². The number of imidazole rings is 1. The average molecular weight is 239 g/mol. The zero-order valence-corrected chi connectivity index (χ0v) is 11.0. The van der Waals surface area contributed by atoms with Gasteiger partial charge in [-0.15, -0.1) is 0 Å². The quantitative estimate of drug-likeness (QED) is 0.752. The van der Waals surface area contributed by atoms with E-state index < -0.39 is 5.54 Å². The number of likely N-dealkylation sites (N-methyl/N-ethyl adjacent to an activating group) is 1. The molecule has 1 atom stereocenters. The number of ether oxygens (including phenoxy) is 1. The Morgan fingerprint density at radius 1 is 1.65 bits per heavy atom. The Morgan fingerprint density at radius 2 is 2.35 bits per heavy atom. The van der Waals surface area contributed by atoms with Crippen molar-refractivity contribution in [2.75, 3.05) is 14.2 Å². The van der Waals surface area contributed by atoms with E-state index in [0.717, 1.165) is 18.8 Å². The zero-order chi connectivity index (χ0) is 12.9. The molecule has 5 nitrogen and oxygen atoms in total. The molecule has 96 valence electrons. The maximum atomic E-state index is 11.7. The SMILES string of the molecule is CCc1nccn1CCC(C)(NC)C(=O)OC. The minimum absolute atomic E-state index is 0.238. The summed E-state index contributed by atoms with van der Waals surface area (Å²) in [4.78, 5) is 15.9. The molecular formula is C12H21N3O2. The molecule has 0 bridgehead atoms. The minimum atomic E-state index is -0.649. The number of nitrogens with one attached hydrogen (secondary N) is 1. The van der Waals surface area contributed by atoms with Gasteiger partial charge in [0, 0.05) is 25.4 Å². The third-order valence-corrected chi connectivity index (χ3v) is 3.16. The normalized spacial score (nSPS) is 14.4. The van der Waals surface area contributed by atoms with Crippen LogP contribution in [0, 0.1) is 0 Å². The summed E-state index contributed by atoms with van der Waals surface area (Å²) in [7, 11) is 3.18. The molecule has 0 fully saturated rings. The van der Waals surface area contributed by atoms with E-state index >= 15 is 0 Å². The third-order valence-electron chi connectivity index (χ3n) is 3.16. The molecule has 0 radical (unpaired) electrons. The van der Waals surface area contributed by atoms with Crippen LogP contribution in [0.15, 0.2) is 12.4 Å². The summed E-state index contributed by atoms with van der Waals surface area (Å²) in [6.07, 6.45) is 5.28. The maximum Gasteiger partial charge on any atom is 0.325 e. The van der Waals surface area contributed by atoms with Gasteiger partial charge in [0.15, 0.2) is 0 Å².